The summed E-state index contributed by atoms with van der Waals surface area (Å²) in [5.74, 6) is 0.157. The van der Waals surface area contributed by atoms with Gasteiger partial charge in [0.1, 0.15) is 0 Å². The van der Waals surface area contributed by atoms with E-state index in [2.05, 4.69) is 15.6 Å². The molecule has 1 aliphatic rings. The Morgan fingerprint density at radius 2 is 2.10 bits per heavy atom. The van der Waals surface area contributed by atoms with Crippen molar-refractivity contribution in [2.45, 2.75) is 12.8 Å². The number of anilines is 1. The first-order valence-corrected chi connectivity index (χ1v) is 6.69. The molecule has 2 heterocycles. The number of carbonyl (C=O) groups excluding carboxylic acids is 1. The smallest absolute Gasteiger partial charge is 0.228 e. The molecule has 1 aromatic heterocycles. The lowest BCUT2D eigenvalue weighted by molar-refractivity contribution is -0.120. The number of piperidine rings is 1. The predicted molar refractivity (Wildman–Crippen MR) is 90.5 cm³/mol. The molecule has 2 aromatic rings. The molecule has 0 saturated carbocycles. The second-order valence-electron chi connectivity index (χ2n) is 4.95. The maximum Gasteiger partial charge on any atom is 0.228 e. The standard InChI is InChI=1S/C15H17N3O.2ClH/c19-15(12-5-3-7-16-9-12)18-13-8-11-4-1-2-6-14(11)17-10-13;;/h1-2,4,6,8,10,12,16H,3,5,7,9H2,(H,18,19);2*1H. The van der Waals surface area contributed by atoms with Gasteiger partial charge in [0, 0.05) is 11.9 Å². The van der Waals surface area contributed by atoms with Crippen molar-refractivity contribution >= 4 is 47.3 Å². The minimum absolute atomic E-state index is 0. The SMILES string of the molecule is Cl.Cl.O=C(Nc1cnc2ccccc2c1)C1CCCNC1. The summed E-state index contributed by atoms with van der Waals surface area (Å²) < 4.78 is 0. The van der Waals surface area contributed by atoms with Gasteiger partial charge in [-0.05, 0) is 31.5 Å². The Balaban J connectivity index is 0.00000110. The summed E-state index contributed by atoms with van der Waals surface area (Å²) >= 11 is 0. The van der Waals surface area contributed by atoms with Gasteiger partial charge in [0.2, 0.25) is 5.91 Å². The lowest BCUT2D eigenvalue weighted by Gasteiger charge is -2.21. The van der Waals surface area contributed by atoms with Gasteiger partial charge in [-0.2, -0.15) is 0 Å². The summed E-state index contributed by atoms with van der Waals surface area (Å²) in [6, 6.07) is 9.87. The van der Waals surface area contributed by atoms with E-state index in [9.17, 15) is 4.79 Å². The fourth-order valence-electron chi connectivity index (χ4n) is 2.46. The average molecular weight is 328 g/mol. The Hall–Kier alpha value is -1.36. The van der Waals surface area contributed by atoms with E-state index in [-0.39, 0.29) is 36.6 Å². The Bertz CT molecular complexity index is 600. The highest BCUT2D eigenvalue weighted by atomic mass is 35.5. The van der Waals surface area contributed by atoms with Crippen LogP contribution in [0, 0.1) is 5.92 Å². The zero-order valence-corrected chi connectivity index (χ0v) is 13.2. The zero-order chi connectivity index (χ0) is 13.1. The molecule has 1 aromatic carbocycles. The number of nitrogens with zero attached hydrogens (tertiary/aromatic N) is 1. The second kappa shape index (κ2) is 8.17. The number of carbonyl (C=O) groups is 1. The van der Waals surface area contributed by atoms with Crippen molar-refractivity contribution in [3.8, 4) is 0 Å². The van der Waals surface area contributed by atoms with Crippen LogP contribution in [0.1, 0.15) is 12.8 Å². The number of halogens is 2. The molecule has 0 radical (unpaired) electrons. The van der Waals surface area contributed by atoms with E-state index >= 15 is 0 Å². The number of rotatable bonds is 2. The quantitative estimate of drug-likeness (QED) is 0.891. The van der Waals surface area contributed by atoms with Crippen molar-refractivity contribution in [1.29, 1.82) is 0 Å². The van der Waals surface area contributed by atoms with E-state index in [1.54, 1.807) is 6.20 Å². The Morgan fingerprint density at radius 3 is 2.86 bits per heavy atom. The van der Waals surface area contributed by atoms with Crippen molar-refractivity contribution in [2.75, 3.05) is 18.4 Å². The second-order valence-corrected chi connectivity index (χ2v) is 4.95. The summed E-state index contributed by atoms with van der Waals surface area (Å²) in [4.78, 5) is 16.5. The maximum atomic E-state index is 12.1. The lowest BCUT2D eigenvalue weighted by atomic mass is 9.99. The Kier molecular flexibility index (Phi) is 6.89. The first kappa shape index (κ1) is 17.7. The minimum atomic E-state index is 0. The average Bonchev–Trinajstić information content (AvgIpc) is 2.48. The molecule has 1 amide bonds. The van der Waals surface area contributed by atoms with Crippen LogP contribution in [0.4, 0.5) is 5.69 Å². The Labute approximate surface area is 136 Å². The van der Waals surface area contributed by atoms with E-state index in [1.165, 1.54) is 0 Å². The van der Waals surface area contributed by atoms with Crippen LogP contribution in [-0.2, 0) is 4.79 Å². The van der Waals surface area contributed by atoms with Gasteiger partial charge in [-0.15, -0.1) is 24.8 Å². The zero-order valence-electron chi connectivity index (χ0n) is 11.5. The van der Waals surface area contributed by atoms with Crippen LogP contribution in [0.2, 0.25) is 0 Å². The van der Waals surface area contributed by atoms with Gasteiger partial charge in [-0.1, -0.05) is 18.2 Å². The topological polar surface area (TPSA) is 54.0 Å². The largest absolute Gasteiger partial charge is 0.324 e. The number of benzene rings is 1. The molecule has 114 valence electrons. The third-order valence-electron chi connectivity index (χ3n) is 3.53. The number of hydrogen-bond donors (Lipinski definition) is 2. The molecule has 0 aliphatic carbocycles. The molecule has 0 bridgehead atoms. The molecular formula is C15H19Cl2N3O. The number of pyridine rings is 1. The van der Waals surface area contributed by atoms with Crippen LogP contribution >= 0.6 is 24.8 Å². The fraction of sp³-hybridized carbons (Fsp3) is 0.333. The van der Waals surface area contributed by atoms with Crippen molar-refractivity contribution in [1.82, 2.24) is 10.3 Å². The first-order valence-electron chi connectivity index (χ1n) is 6.69. The molecule has 0 spiro atoms. The molecule has 1 saturated heterocycles. The first-order chi connectivity index (χ1) is 9.33. The van der Waals surface area contributed by atoms with Crippen LogP contribution in [0.5, 0.6) is 0 Å². The molecule has 1 fully saturated rings. The van der Waals surface area contributed by atoms with Crippen LogP contribution in [0.25, 0.3) is 10.9 Å². The molecule has 1 unspecified atom stereocenters. The predicted octanol–water partition coefficient (Wildman–Crippen LogP) is 3.02. The molecule has 21 heavy (non-hydrogen) atoms. The molecule has 1 atom stereocenters. The van der Waals surface area contributed by atoms with Gasteiger partial charge in [0.15, 0.2) is 0 Å². The summed E-state index contributed by atoms with van der Waals surface area (Å²) in [7, 11) is 0. The third-order valence-corrected chi connectivity index (χ3v) is 3.53. The highest BCUT2D eigenvalue weighted by molar-refractivity contribution is 5.94. The van der Waals surface area contributed by atoms with E-state index < -0.39 is 0 Å². The minimum Gasteiger partial charge on any atom is -0.324 e. The lowest BCUT2D eigenvalue weighted by Crippen LogP contribution is -2.37. The van der Waals surface area contributed by atoms with Crippen LogP contribution in [-0.4, -0.2) is 24.0 Å². The number of fused-ring (bicyclic) bond motifs is 1. The fourth-order valence-corrected chi connectivity index (χ4v) is 2.46. The monoisotopic (exact) mass is 327 g/mol. The van der Waals surface area contributed by atoms with Crippen LogP contribution in [0.15, 0.2) is 36.5 Å². The summed E-state index contributed by atoms with van der Waals surface area (Å²) in [5, 5.41) is 7.26. The third kappa shape index (κ3) is 4.30. The van der Waals surface area contributed by atoms with Gasteiger partial charge in [0.05, 0.1) is 23.3 Å². The van der Waals surface area contributed by atoms with Crippen molar-refractivity contribution in [3.05, 3.63) is 36.5 Å². The highest BCUT2D eigenvalue weighted by Crippen LogP contribution is 2.18. The van der Waals surface area contributed by atoms with Gasteiger partial charge >= 0.3 is 0 Å². The van der Waals surface area contributed by atoms with Gasteiger partial charge in [0.25, 0.3) is 0 Å². The highest BCUT2D eigenvalue weighted by Gasteiger charge is 2.20. The number of aromatic nitrogens is 1. The molecule has 3 rings (SSSR count). The van der Waals surface area contributed by atoms with E-state index in [4.69, 9.17) is 0 Å². The van der Waals surface area contributed by atoms with Crippen LogP contribution < -0.4 is 10.6 Å². The van der Waals surface area contributed by atoms with Gasteiger partial charge in [-0.25, -0.2) is 0 Å². The number of amides is 1. The van der Waals surface area contributed by atoms with Crippen LogP contribution in [0.3, 0.4) is 0 Å². The van der Waals surface area contributed by atoms with E-state index in [0.29, 0.717) is 0 Å². The van der Waals surface area contributed by atoms with Crippen molar-refractivity contribution in [3.63, 3.8) is 0 Å². The summed E-state index contributed by atoms with van der Waals surface area (Å²) in [6.07, 6.45) is 3.74. The summed E-state index contributed by atoms with van der Waals surface area (Å²) in [5.41, 5.74) is 1.72. The normalized spacial score (nSPS) is 17.4. The van der Waals surface area contributed by atoms with E-state index in [1.807, 2.05) is 30.3 Å². The van der Waals surface area contributed by atoms with E-state index in [0.717, 1.165) is 42.5 Å². The molecular weight excluding hydrogens is 309 g/mol. The molecule has 1 aliphatic heterocycles. The molecule has 6 heteroatoms. The number of hydrogen-bond acceptors (Lipinski definition) is 3. The van der Waals surface area contributed by atoms with Gasteiger partial charge < -0.3 is 10.6 Å². The van der Waals surface area contributed by atoms with Crippen molar-refractivity contribution < 1.29 is 4.79 Å². The molecule has 4 nitrogen and oxygen atoms in total. The number of para-hydroxylation sites is 1. The Morgan fingerprint density at radius 1 is 1.29 bits per heavy atom. The molecule has 2 N–H and O–H groups in total. The van der Waals surface area contributed by atoms with Gasteiger partial charge in [-0.3, -0.25) is 9.78 Å². The van der Waals surface area contributed by atoms with Crippen molar-refractivity contribution in [2.24, 2.45) is 5.92 Å². The number of nitrogens with one attached hydrogen (secondary N) is 2. The maximum absolute atomic E-state index is 12.1. The summed E-state index contributed by atoms with van der Waals surface area (Å²) in [6.45, 7) is 1.79.